The molecule has 0 aliphatic carbocycles. The second kappa shape index (κ2) is 7.42. The van der Waals surface area contributed by atoms with Crippen LogP contribution < -0.4 is 10.6 Å². The van der Waals surface area contributed by atoms with Crippen LogP contribution in [0.5, 0.6) is 0 Å². The van der Waals surface area contributed by atoms with E-state index in [1.54, 1.807) is 0 Å². The number of hydrogen-bond acceptors (Lipinski definition) is 4. The molecular weight excluding hydrogens is 295 g/mol. The van der Waals surface area contributed by atoms with E-state index in [4.69, 9.17) is 5.11 Å². The van der Waals surface area contributed by atoms with E-state index >= 15 is 0 Å². The Balaban J connectivity index is 1.94. The van der Waals surface area contributed by atoms with Gasteiger partial charge < -0.3 is 15.7 Å². The molecule has 1 saturated heterocycles. The molecule has 0 aromatic heterocycles. The molecule has 0 atom stereocenters. The van der Waals surface area contributed by atoms with Crippen LogP contribution in [0, 0.1) is 5.82 Å². The highest BCUT2D eigenvalue weighted by molar-refractivity contribution is 8.00. The molecular formula is C14H17FN2O3S. The van der Waals surface area contributed by atoms with Crippen LogP contribution in [0.2, 0.25) is 0 Å². The van der Waals surface area contributed by atoms with Crippen LogP contribution in [0.4, 0.5) is 10.1 Å². The van der Waals surface area contributed by atoms with Gasteiger partial charge in [-0.05, 0) is 38.1 Å². The number of hydrogen-bond donors (Lipinski definition) is 3. The summed E-state index contributed by atoms with van der Waals surface area (Å²) in [6, 6.07) is 3.70. The molecule has 0 radical (unpaired) electrons. The first-order chi connectivity index (χ1) is 10.1. The molecule has 0 bridgehead atoms. The van der Waals surface area contributed by atoms with E-state index in [0.717, 1.165) is 32.0 Å². The number of piperidine rings is 1. The molecule has 1 aliphatic heterocycles. The first-order valence-corrected chi connectivity index (χ1v) is 7.77. The molecule has 2 rings (SSSR count). The molecule has 114 valence electrons. The first kappa shape index (κ1) is 15.8. The van der Waals surface area contributed by atoms with E-state index in [1.807, 2.05) is 0 Å². The van der Waals surface area contributed by atoms with Crippen molar-refractivity contribution in [1.29, 1.82) is 0 Å². The van der Waals surface area contributed by atoms with Crippen molar-refractivity contribution >= 4 is 29.3 Å². The maximum atomic E-state index is 13.7. The van der Waals surface area contributed by atoms with Gasteiger partial charge in [-0.2, -0.15) is 0 Å². The average molecular weight is 312 g/mol. The molecule has 1 heterocycles. The van der Waals surface area contributed by atoms with Gasteiger partial charge >= 0.3 is 5.97 Å². The number of nitrogens with one attached hydrogen (secondary N) is 2. The molecule has 3 N–H and O–H groups in total. The Morgan fingerprint density at radius 2 is 2.10 bits per heavy atom. The van der Waals surface area contributed by atoms with Gasteiger partial charge in [0.2, 0.25) is 5.91 Å². The third-order valence-electron chi connectivity index (χ3n) is 3.24. The zero-order valence-electron chi connectivity index (χ0n) is 11.4. The lowest BCUT2D eigenvalue weighted by atomic mass is 10.1. The molecule has 0 spiro atoms. The predicted octanol–water partition coefficient (Wildman–Crippen LogP) is 1.95. The summed E-state index contributed by atoms with van der Waals surface area (Å²) in [7, 11) is 0. The zero-order chi connectivity index (χ0) is 15.2. The highest BCUT2D eigenvalue weighted by Crippen LogP contribution is 2.23. The third kappa shape index (κ3) is 4.44. The number of anilines is 1. The van der Waals surface area contributed by atoms with E-state index in [9.17, 15) is 14.0 Å². The van der Waals surface area contributed by atoms with E-state index < -0.39 is 11.8 Å². The van der Waals surface area contributed by atoms with Gasteiger partial charge in [0.05, 0.1) is 17.0 Å². The number of para-hydroxylation sites is 1. The summed E-state index contributed by atoms with van der Waals surface area (Å²) in [4.78, 5) is 22.9. The summed E-state index contributed by atoms with van der Waals surface area (Å²) in [6.07, 6.45) is 2.00. The minimum absolute atomic E-state index is 0.193. The summed E-state index contributed by atoms with van der Waals surface area (Å²) in [5.41, 5.74) is -0.504. The van der Waals surface area contributed by atoms with Gasteiger partial charge in [0, 0.05) is 5.25 Å². The fourth-order valence-electron chi connectivity index (χ4n) is 2.16. The number of amides is 1. The Labute approximate surface area is 126 Å². The molecule has 0 unspecified atom stereocenters. The molecule has 1 aromatic rings. The number of thioether (sulfide) groups is 1. The Bertz CT molecular complexity index is 533. The lowest BCUT2D eigenvalue weighted by Gasteiger charge is -2.21. The number of halogens is 1. The van der Waals surface area contributed by atoms with E-state index in [0.29, 0.717) is 5.25 Å². The normalized spacial score (nSPS) is 15.7. The summed E-state index contributed by atoms with van der Waals surface area (Å²) in [5.74, 6) is -2.20. The second-order valence-electron chi connectivity index (χ2n) is 4.78. The van der Waals surface area contributed by atoms with Gasteiger partial charge in [0.1, 0.15) is 5.82 Å². The largest absolute Gasteiger partial charge is 0.478 e. The Morgan fingerprint density at radius 3 is 2.76 bits per heavy atom. The average Bonchev–Trinajstić information content (AvgIpc) is 2.48. The molecule has 5 nitrogen and oxygen atoms in total. The maximum absolute atomic E-state index is 13.7. The van der Waals surface area contributed by atoms with Crippen LogP contribution in [0.15, 0.2) is 18.2 Å². The fraction of sp³-hybridized carbons (Fsp3) is 0.429. The maximum Gasteiger partial charge on any atom is 0.337 e. The van der Waals surface area contributed by atoms with Gasteiger partial charge in [0.25, 0.3) is 0 Å². The van der Waals surface area contributed by atoms with Crippen molar-refractivity contribution in [2.24, 2.45) is 0 Å². The van der Waals surface area contributed by atoms with Gasteiger partial charge in [0.15, 0.2) is 0 Å². The summed E-state index contributed by atoms with van der Waals surface area (Å²) in [6.45, 7) is 1.88. The van der Waals surface area contributed by atoms with E-state index in [2.05, 4.69) is 10.6 Å². The minimum atomic E-state index is -1.27. The number of carbonyl (C=O) groups excluding carboxylic acids is 1. The van der Waals surface area contributed by atoms with Crippen LogP contribution in [0.1, 0.15) is 23.2 Å². The van der Waals surface area contributed by atoms with Gasteiger partial charge in [-0.15, -0.1) is 11.8 Å². The first-order valence-electron chi connectivity index (χ1n) is 6.72. The lowest BCUT2D eigenvalue weighted by molar-refractivity contribution is -0.113. The molecule has 0 saturated carbocycles. The van der Waals surface area contributed by atoms with Gasteiger partial charge in [-0.25, -0.2) is 9.18 Å². The van der Waals surface area contributed by atoms with Crippen molar-refractivity contribution in [3.63, 3.8) is 0 Å². The van der Waals surface area contributed by atoms with E-state index in [-0.39, 0.29) is 22.9 Å². The summed E-state index contributed by atoms with van der Waals surface area (Å²) < 4.78 is 13.7. The predicted molar refractivity (Wildman–Crippen MR) is 80.3 cm³/mol. The smallest absolute Gasteiger partial charge is 0.337 e. The number of carboxylic acids is 1. The van der Waals surface area contributed by atoms with Crippen LogP contribution in [-0.4, -0.2) is 41.1 Å². The number of benzene rings is 1. The quantitative estimate of drug-likeness (QED) is 0.774. The van der Waals surface area contributed by atoms with Crippen molar-refractivity contribution in [2.45, 2.75) is 18.1 Å². The Hall–Kier alpha value is -1.60. The third-order valence-corrected chi connectivity index (χ3v) is 4.62. The number of rotatable bonds is 5. The standard InChI is InChI=1S/C14H17FN2O3S/c15-11-3-1-2-10(14(19)20)13(11)17-12(18)8-21-9-4-6-16-7-5-9/h1-3,9,16H,4-8H2,(H,17,18)(H,19,20). The van der Waals surface area contributed by atoms with Gasteiger partial charge in [-0.3, -0.25) is 4.79 Å². The Morgan fingerprint density at radius 1 is 1.38 bits per heavy atom. The highest BCUT2D eigenvalue weighted by Gasteiger charge is 2.18. The molecule has 1 aromatic carbocycles. The number of aromatic carboxylic acids is 1. The number of carboxylic acid groups (broad SMARTS) is 1. The SMILES string of the molecule is O=C(CSC1CCNCC1)Nc1c(F)cccc1C(=O)O. The topological polar surface area (TPSA) is 78.4 Å². The van der Waals surface area contributed by atoms with Crippen LogP contribution in [0.3, 0.4) is 0 Å². The Kier molecular flexibility index (Phi) is 5.58. The monoisotopic (exact) mass is 312 g/mol. The zero-order valence-corrected chi connectivity index (χ0v) is 12.2. The highest BCUT2D eigenvalue weighted by atomic mass is 32.2. The second-order valence-corrected chi connectivity index (χ2v) is 6.06. The summed E-state index contributed by atoms with van der Waals surface area (Å²) >= 11 is 1.52. The molecule has 21 heavy (non-hydrogen) atoms. The van der Waals surface area contributed by atoms with Crippen molar-refractivity contribution in [3.05, 3.63) is 29.6 Å². The van der Waals surface area contributed by atoms with Crippen LogP contribution >= 0.6 is 11.8 Å². The number of carbonyl (C=O) groups is 2. The molecule has 1 amide bonds. The van der Waals surface area contributed by atoms with E-state index in [1.165, 1.54) is 23.9 Å². The van der Waals surface area contributed by atoms with Crippen molar-refractivity contribution < 1.29 is 19.1 Å². The molecule has 7 heteroatoms. The minimum Gasteiger partial charge on any atom is -0.478 e. The van der Waals surface area contributed by atoms with Crippen molar-refractivity contribution in [3.8, 4) is 0 Å². The summed E-state index contributed by atoms with van der Waals surface area (Å²) in [5, 5.41) is 15.0. The van der Waals surface area contributed by atoms with Crippen LogP contribution in [-0.2, 0) is 4.79 Å². The fourth-order valence-corrected chi connectivity index (χ4v) is 3.19. The van der Waals surface area contributed by atoms with Crippen LogP contribution in [0.25, 0.3) is 0 Å². The van der Waals surface area contributed by atoms with Gasteiger partial charge in [-0.1, -0.05) is 6.07 Å². The lowest BCUT2D eigenvalue weighted by Crippen LogP contribution is -2.30. The molecule has 1 aliphatic rings. The van der Waals surface area contributed by atoms with Crippen molar-refractivity contribution in [1.82, 2.24) is 5.32 Å². The molecule has 1 fully saturated rings. The van der Waals surface area contributed by atoms with Crippen molar-refractivity contribution in [2.75, 3.05) is 24.2 Å².